The smallest absolute Gasteiger partial charge is 0.344 e. The van der Waals surface area contributed by atoms with Gasteiger partial charge in [-0.25, -0.2) is 4.79 Å². The van der Waals surface area contributed by atoms with Crippen molar-refractivity contribution < 1.29 is 28.5 Å². The number of benzene rings is 2. The van der Waals surface area contributed by atoms with E-state index in [4.69, 9.17) is 18.9 Å². The van der Waals surface area contributed by atoms with Crippen LogP contribution >= 0.6 is 0 Å². The van der Waals surface area contributed by atoms with E-state index in [2.05, 4.69) is 0 Å². The van der Waals surface area contributed by atoms with Crippen LogP contribution in [0.5, 0.6) is 17.2 Å². The van der Waals surface area contributed by atoms with E-state index in [9.17, 15) is 9.59 Å². The SMILES string of the molecule is CCOc1ccccc1/C=C1\Oc2cc(OCC(=O)OC(C)(C)C)cc(C)c2C1=O. The molecule has 0 bridgehead atoms. The molecule has 0 unspecified atom stereocenters. The Morgan fingerprint density at radius 3 is 2.57 bits per heavy atom. The minimum absolute atomic E-state index is 0.201. The number of ether oxygens (including phenoxy) is 4. The molecule has 0 aromatic heterocycles. The Kier molecular flexibility index (Phi) is 6.15. The summed E-state index contributed by atoms with van der Waals surface area (Å²) in [7, 11) is 0. The molecule has 2 aromatic rings. The first kappa shape index (κ1) is 21.4. The van der Waals surface area contributed by atoms with Crippen LogP contribution in [0.25, 0.3) is 6.08 Å². The van der Waals surface area contributed by atoms with Crippen molar-refractivity contribution in [1.29, 1.82) is 0 Å². The van der Waals surface area contributed by atoms with Crippen LogP contribution in [-0.4, -0.2) is 30.6 Å². The highest BCUT2D eigenvalue weighted by Crippen LogP contribution is 2.38. The first-order valence-corrected chi connectivity index (χ1v) is 9.83. The lowest BCUT2D eigenvalue weighted by molar-refractivity contribution is -0.157. The molecular formula is C24H26O6. The fourth-order valence-electron chi connectivity index (χ4n) is 3.10. The van der Waals surface area contributed by atoms with Gasteiger partial charge in [0, 0.05) is 11.6 Å². The third kappa shape index (κ3) is 5.00. The number of ketones is 1. The highest BCUT2D eigenvalue weighted by atomic mass is 16.6. The molecule has 0 radical (unpaired) electrons. The van der Waals surface area contributed by atoms with Crippen molar-refractivity contribution in [2.75, 3.05) is 13.2 Å². The van der Waals surface area contributed by atoms with Crippen LogP contribution in [0.2, 0.25) is 0 Å². The van der Waals surface area contributed by atoms with Gasteiger partial charge < -0.3 is 18.9 Å². The molecule has 0 saturated carbocycles. The second-order valence-electron chi connectivity index (χ2n) is 7.90. The molecular weight excluding hydrogens is 384 g/mol. The van der Waals surface area contributed by atoms with E-state index in [1.807, 2.05) is 31.2 Å². The maximum atomic E-state index is 12.9. The largest absolute Gasteiger partial charge is 0.493 e. The van der Waals surface area contributed by atoms with Gasteiger partial charge in [-0.05, 0) is 58.4 Å². The molecule has 3 rings (SSSR count). The zero-order valence-corrected chi connectivity index (χ0v) is 17.9. The van der Waals surface area contributed by atoms with Gasteiger partial charge in [-0.1, -0.05) is 18.2 Å². The standard InChI is InChI=1S/C24H26O6/c1-6-27-18-10-8-7-9-16(18)12-20-23(26)22-15(2)11-17(13-19(22)29-20)28-14-21(25)30-24(3,4)5/h7-13H,6,14H2,1-5H3/b20-12-. The molecule has 30 heavy (non-hydrogen) atoms. The molecule has 0 N–H and O–H groups in total. The summed E-state index contributed by atoms with van der Waals surface area (Å²) in [5, 5.41) is 0. The number of fused-ring (bicyclic) bond motifs is 1. The van der Waals surface area contributed by atoms with Crippen LogP contribution in [0.1, 0.15) is 49.2 Å². The summed E-state index contributed by atoms with van der Waals surface area (Å²) in [6, 6.07) is 10.8. The van der Waals surface area contributed by atoms with Crippen LogP contribution in [0.15, 0.2) is 42.2 Å². The number of rotatable bonds is 6. The van der Waals surface area contributed by atoms with E-state index in [1.165, 1.54) is 0 Å². The summed E-state index contributed by atoms with van der Waals surface area (Å²) in [4.78, 5) is 24.8. The first-order chi connectivity index (χ1) is 14.2. The number of hydrogen-bond donors (Lipinski definition) is 0. The zero-order chi connectivity index (χ0) is 21.9. The van der Waals surface area contributed by atoms with Crippen molar-refractivity contribution in [1.82, 2.24) is 0 Å². The Morgan fingerprint density at radius 1 is 1.13 bits per heavy atom. The molecule has 6 heteroatoms. The van der Waals surface area contributed by atoms with Gasteiger partial charge in [0.05, 0.1) is 12.2 Å². The molecule has 0 spiro atoms. The van der Waals surface area contributed by atoms with Gasteiger partial charge in [0.2, 0.25) is 5.78 Å². The van der Waals surface area contributed by atoms with Crippen LogP contribution < -0.4 is 14.2 Å². The van der Waals surface area contributed by atoms with E-state index >= 15 is 0 Å². The van der Waals surface area contributed by atoms with E-state index in [0.717, 1.165) is 5.56 Å². The summed E-state index contributed by atoms with van der Waals surface area (Å²) < 4.78 is 22.2. The first-order valence-electron chi connectivity index (χ1n) is 9.83. The lowest BCUT2D eigenvalue weighted by Crippen LogP contribution is -2.27. The number of hydrogen-bond acceptors (Lipinski definition) is 6. The molecule has 0 atom stereocenters. The average Bonchev–Trinajstić information content (AvgIpc) is 2.96. The molecule has 0 amide bonds. The van der Waals surface area contributed by atoms with E-state index < -0.39 is 11.6 Å². The predicted octanol–water partition coefficient (Wildman–Crippen LogP) is 4.73. The molecule has 6 nitrogen and oxygen atoms in total. The number of carbonyl (C=O) groups excluding carboxylic acids is 2. The second kappa shape index (κ2) is 8.61. The Labute approximate surface area is 176 Å². The second-order valence-corrected chi connectivity index (χ2v) is 7.90. The lowest BCUT2D eigenvalue weighted by Gasteiger charge is -2.19. The Morgan fingerprint density at radius 2 is 1.87 bits per heavy atom. The zero-order valence-electron chi connectivity index (χ0n) is 17.9. The maximum Gasteiger partial charge on any atom is 0.344 e. The van der Waals surface area contributed by atoms with Gasteiger partial charge in [-0.2, -0.15) is 0 Å². The number of para-hydroxylation sites is 1. The van der Waals surface area contributed by atoms with E-state index in [0.29, 0.717) is 35.0 Å². The van der Waals surface area contributed by atoms with Crippen molar-refractivity contribution in [3.05, 3.63) is 58.8 Å². The molecule has 1 aliphatic rings. The third-order valence-corrected chi connectivity index (χ3v) is 4.23. The topological polar surface area (TPSA) is 71.1 Å². The molecule has 1 aliphatic heterocycles. The van der Waals surface area contributed by atoms with Gasteiger partial charge in [-0.15, -0.1) is 0 Å². The summed E-state index contributed by atoms with van der Waals surface area (Å²) in [6.07, 6.45) is 1.67. The summed E-state index contributed by atoms with van der Waals surface area (Å²) in [6.45, 7) is 9.38. The number of allylic oxidation sites excluding steroid dienone is 1. The monoisotopic (exact) mass is 410 g/mol. The Hall–Kier alpha value is -3.28. The van der Waals surface area contributed by atoms with Gasteiger partial charge in [-0.3, -0.25) is 4.79 Å². The number of esters is 1. The molecule has 2 aromatic carbocycles. The van der Waals surface area contributed by atoms with Crippen LogP contribution in [0, 0.1) is 6.92 Å². The van der Waals surface area contributed by atoms with E-state index in [1.54, 1.807) is 45.9 Å². The van der Waals surface area contributed by atoms with Crippen molar-refractivity contribution in [2.24, 2.45) is 0 Å². The molecule has 1 heterocycles. The number of aryl methyl sites for hydroxylation is 1. The van der Waals surface area contributed by atoms with Gasteiger partial charge >= 0.3 is 5.97 Å². The highest BCUT2D eigenvalue weighted by Gasteiger charge is 2.30. The molecule has 158 valence electrons. The van der Waals surface area contributed by atoms with Crippen molar-refractivity contribution in [3.8, 4) is 17.2 Å². The van der Waals surface area contributed by atoms with Crippen molar-refractivity contribution >= 4 is 17.8 Å². The minimum Gasteiger partial charge on any atom is -0.493 e. The Bertz CT molecular complexity index is 997. The van der Waals surface area contributed by atoms with Gasteiger partial charge in [0.25, 0.3) is 0 Å². The highest BCUT2D eigenvalue weighted by molar-refractivity contribution is 6.15. The lowest BCUT2D eigenvalue weighted by atomic mass is 10.0. The fraction of sp³-hybridized carbons (Fsp3) is 0.333. The van der Waals surface area contributed by atoms with Crippen LogP contribution in [-0.2, 0) is 9.53 Å². The molecule has 0 fully saturated rings. The molecule has 0 saturated heterocycles. The summed E-state index contributed by atoms with van der Waals surface area (Å²) in [5.41, 5.74) is 1.37. The van der Waals surface area contributed by atoms with Crippen molar-refractivity contribution in [2.45, 2.75) is 40.2 Å². The Balaban J connectivity index is 1.80. The predicted molar refractivity (Wildman–Crippen MR) is 113 cm³/mol. The van der Waals surface area contributed by atoms with Crippen LogP contribution in [0.3, 0.4) is 0 Å². The third-order valence-electron chi connectivity index (χ3n) is 4.23. The molecule has 0 aliphatic carbocycles. The maximum absolute atomic E-state index is 12.9. The number of carbonyl (C=O) groups is 2. The average molecular weight is 410 g/mol. The quantitative estimate of drug-likeness (QED) is 0.506. The van der Waals surface area contributed by atoms with E-state index in [-0.39, 0.29) is 18.1 Å². The fourth-order valence-corrected chi connectivity index (χ4v) is 3.10. The van der Waals surface area contributed by atoms with Gasteiger partial charge in [0.1, 0.15) is 22.8 Å². The number of Topliss-reactive ketones (excluding diaryl/α,β-unsaturated/α-hetero) is 1. The normalized spacial score (nSPS) is 14.3. The van der Waals surface area contributed by atoms with Crippen molar-refractivity contribution in [3.63, 3.8) is 0 Å². The van der Waals surface area contributed by atoms with Gasteiger partial charge in [0.15, 0.2) is 12.4 Å². The summed E-state index contributed by atoms with van der Waals surface area (Å²) in [5.74, 6) is 1.06. The van der Waals surface area contributed by atoms with Crippen LogP contribution in [0.4, 0.5) is 0 Å². The summed E-state index contributed by atoms with van der Waals surface area (Å²) >= 11 is 0. The minimum atomic E-state index is -0.582.